The summed E-state index contributed by atoms with van der Waals surface area (Å²) >= 11 is 0. The molecule has 0 saturated heterocycles. The molecule has 7 N–H and O–H groups in total. The van der Waals surface area contributed by atoms with Crippen LogP contribution in [0.15, 0.2) is 30.3 Å². The summed E-state index contributed by atoms with van der Waals surface area (Å²) in [5.41, 5.74) is 9.07. The molecule has 3 atom stereocenters. The number of benzene rings is 2. The first kappa shape index (κ1) is 31.0. The highest BCUT2D eigenvalue weighted by Crippen LogP contribution is 2.41. The van der Waals surface area contributed by atoms with Crippen LogP contribution in [0.2, 0.25) is 0 Å². The Morgan fingerprint density at radius 2 is 1.89 bits per heavy atom. The van der Waals surface area contributed by atoms with E-state index in [1.807, 2.05) is 38.1 Å². The molecule has 2 aromatic carbocycles. The van der Waals surface area contributed by atoms with Crippen LogP contribution < -0.4 is 10.5 Å². The molecule has 1 aliphatic rings. The van der Waals surface area contributed by atoms with Crippen molar-refractivity contribution >= 4 is 17.5 Å². The van der Waals surface area contributed by atoms with Crippen molar-refractivity contribution in [1.82, 2.24) is 0 Å². The number of nitrogens with two attached hydrogens (primary N) is 1. The quantitative estimate of drug-likeness (QED) is 0.286. The Kier molecular flexibility index (Phi) is 11.4. The molecular weight excluding hydrogens is 490 g/mol. The zero-order valence-electron chi connectivity index (χ0n) is 22.0. The van der Waals surface area contributed by atoms with Gasteiger partial charge in [0.15, 0.2) is 5.78 Å². The van der Waals surface area contributed by atoms with Crippen molar-refractivity contribution in [2.75, 3.05) is 19.8 Å². The van der Waals surface area contributed by atoms with Crippen molar-refractivity contribution in [2.24, 2.45) is 23.5 Å². The minimum absolute atomic E-state index is 0. The van der Waals surface area contributed by atoms with Crippen LogP contribution in [-0.4, -0.2) is 58.1 Å². The molecule has 0 heterocycles. The number of aromatic hydroxyl groups is 1. The minimum atomic E-state index is -0.849. The van der Waals surface area contributed by atoms with Gasteiger partial charge in [-0.25, -0.2) is 0 Å². The summed E-state index contributed by atoms with van der Waals surface area (Å²) in [5, 5.41) is 30.1. The number of fused-ring (bicyclic) bond motifs is 1. The second-order valence-electron chi connectivity index (χ2n) is 9.70. The third-order valence-corrected chi connectivity index (χ3v) is 7.25. The maximum absolute atomic E-state index is 13.2. The second kappa shape index (κ2) is 14.0. The van der Waals surface area contributed by atoms with Crippen molar-refractivity contribution in [2.45, 2.75) is 52.4 Å². The molecule has 1 amide bonds. The minimum Gasteiger partial charge on any atom is -0.507 e. The van der Waals surface area contributed by atoms with Crippen molar-refractivity contribution in [3.63, 3.8) is 0 Å². The van der Waals surface area contributed by atoms with E-state index in [4.69, 9.17) is 10.5 Å². The molecule has 0 radical (unpaired) electrons. The van der Waals surface area contributed by atoms with Crippen molar-refractivity contribution in [3.05, 3.63) is 47.0 Å². The summed E-state index contributed by atoms with van der Waals surface area (Å²) in [6.45, 7) is 3.88. The molecule has 3 unspecified atom stereocenters. The number of phenolic OH excluding ortho intramolecular Hbond substituents is 1. The molecule has 2 aromatic rings. The fraction of sp³-hybridized carbons (Fsp3) is 0.483. The highest BCUT2D eigenvalue weighted by molar-refractivity contribution is 6.03. The fourth-order valence-electron chi connectivity index (χ4n) is 5.53. The molecular formula is C29H43NO8. The molecule has 0 aliphatic heterocycles. The van der Waals surface area contributed by atoms with E-state index in [9.17, 15) is 29.7 Å². The van der Waals surface area contributed by atoms with Crippen LogP contribution in [0.3, 0.4) is 0 Å². The second-order valence-corrected chi connectivity index (χ2v) is 9.70. The first-order chi connectivity index (χ1) is 17.7. The molecule has 3 rings (SSSR count). The topological polar surface area (TPSA) is 179 Å². The van der Waals surface area contributed by atoms with Crippen LogP contribution in [-0.2, 0) is 22.4 Å². The van der Waals surface area contributed by atoms with Gasteiger partial charge >= 0.3 is 0 Å². The molecule has 0 bridgehead atoms. The number of carbonyl (C=O) groups excluding carboxylic acids is 3. The van der Waals surface area contributed by atoms with Crippen LogP contribution in [0.4, 0.5) is 0 Å². The van der Waals surface area contributed by atoms with Gasteiger partial charge in [0.05, 0.1) is 25.2 Å². The summed E-state index contributed by atoms with van der Waals surface area (Å²) in [6, 6.07) is 9.28. The van der Waals surface area contributed by atoms with Gasteiger partial charge in [0.25, 0.3) is 0 Å². The van der Waals surface area contributed by atoms with Gasteiger partial charge in [0.2, 0.25) is 5.91 Å². The summed E-state index contributed by atoms with van der Waals surface area (Å²) in [7, 11) is 0. The third-order valence-electron chi connectivity index (χ3n) is 7.25. The molecule has 9 nitrogen and oxygen atoms in total. The van der Waals surface area contributed by atoms with E-state index in [2.05, 4.69) is 0 Å². The molecule has 0 fully saturated rings. The number of aliphatic hydroxyl groups is 2. The smallest absolute Gasteiger partial charge is 0.224 e. The van der Waals surface area contributed by atoms with Crippen molar-refractivity contribution < 1.29 is 42.8 Å². The number of phenols is 1. The number of amides is 1. The largest absolute Gasteiger partial charge is 0.507 e. The lowest BCUT2D eigenvalue weighted by Gasteiger charge is -2.31. The predicted molar refractivity (Wildman–Crippen MR) is 147 cm³/mol. The van der Waals surface area contributed by atoms with E-state index in [1.165, 1.54) is 0 Å². The monoisotopic (exact) mass is 533 g/mol. The Labute approximate surface area is 225 Å². The van der Waals surface area contributed by atoms with Gasteiger partial charge in [0, 0.05) is 21.8 Å². The Bertz CT molecular complexity index is 1160. The lowest BCUT2D eigenvalue weighted by molar-refractivity contribution is -0.131. The molecule has 0 saturated carbocycles. The fourth-order valence-corrected chi connectivity index (χ4v) is 5.53. The van der Waals surface area contributed by atoms with Gasteiger partial charge < -0.3 is 31.3 Å². The van der Waals surface area contributed by atoms with Gasteiger partial charge in [-0.1, -0.05) is 19.1 Å². The molecule has 9 heteroatoms. The molecule has 0 spiro atoms. The normalized spacial score (nSPS) is 16.2. The maximum atomic E-state index is 13.2. The molecule has 212 valence electrons. The van der Waals surface area contributed by atoms with Crippen LogP contribution in [0.25, 0.3) is 11.1 Å². The Hall–Kier alpha value is -3.27. The number of hydrogen-bond acceptors (Lipinski definition) is 7. The summed E-state index contributed by atoms with van der Waals surface area (Å²) in [5.74, 6) is -2.08. The van der Waals surface area contributed by atoms with E-state index in [1.54, 1.807) is 6.07 Å². The predicted octanol–water partition coefficient (Wildman–Crippen LogP) is 2.87. The van der Waals surface area contributed by atoms with Gasteiger partial charge in [-0.2, -0.15) is 0 Å². The maximum Gasteiger partial charge on any atom is 0.224 e. The van der Waals surface area contributed by atoms with Crippen LogP contribution >= 0.6 is 0 Å². The standard InChI is InChI=1S/C29H37NO7.H2O.2H2/c1-3-18-14-19(5-8-27(18)37-4-2)21-6-7-24(33)29-22(21)12-17(13-26(29)35)11-20(9-10-31)23(16-32)25(34)15-28(30)36;;;/h5-8,14,17,20,23,31-33H,3-4,9-13,15-16H2,1-2H3,(H2,30,36);1H2;2*1H. The zero-order chi connectivity index (χ0) is 27.1. The number of carbonyl (C=O) groups is 3. The first-order valence-corrected chi connectivity index (χ1v) is 12.9. The third kappa shape index (κ3) is 6.98. The van der Waals surface area contributed by atoms with E-state index in [0.717, 1.165) is 34.4 Å². The van der Waals surface area contributed by atoms with Crippen molar-refractivity contribution in [1.29, 1.82) is 0 Å². The zero-order valence-corrected chi connectivity index (χ0v) is 22.0. The van der Waals surface area contributed by atoms with Gasteiger partial charge in [0.1, 0.15) is 17.3 Å². The van der Waals surface area contributed by atoms with Gasteiger partial charge in [-0.05, 0) is 84.9 Å². The molecule has 0 aromatic heterocycles. The number of primary amides is 1. The first-order valence-electron chi connectivity index (χ1n) is 12.9. The Balaban J connectivity index is 0.00000507. The van der Waals surface area contributed by atoms with Crippen LogP contribution in [0.5, 0.6) is 11.5 Å². The van der Waals surface area contributed by atoms with Gasteiger partial charge in [-0.15, -0.1) is 0 Å². The number of rotatable bonds is 13. The number of ketones is 2. The van der Waals surface area contributed by atoms with E-state index in [-0.39, 0.29) is 45.2 Å². The average molecular weight is 534 g/mol. The average Bonchev–Trinajstić information content (AvgIpc) is 2.84. The Morgan fingerprint density at radius 1 is 1.16 bits per heavy atom. The van der Waals surface area contributed by atoms with E-state index < -0.39 is 36.6 Å². The summed E-state index contributed by atoms with van der Waals surface area (Å²) in [4.78, 5) is 37.1. The summed E-state index contributed by atoms with van der Waals surface area (Å²) in [6.07, 6.45) is 1.62. The van der Waals surface area contributed by atoms with Crippen LogP contribution in [0.1, 0.15) is 63.9 Å². The number of aryl methyl sites for hydroxylation is 1. The van der Waals surface area contributed by atoms with E-state index in [0.29, 0.717) is 25.0 Å². The van der Waals surface area contributed by atoms with E-state index >= 15 is 0 Å². The number of Topliss-reactive ketones (excluding diaryl/α,β-unsaturated/α-hetero) is 2. The van der Waals surface area contributed by atoms with Gasteiger partial charge in [-0.3, -0.25) is 14.4 Å². The molecule has 38 heavy (non-hydrogen) atoms. The SMILES string of the molecule is CCOc1ccc(-c2ccc(O)c3c2CC(CC(CCO)C(CO)C(=O)CC(N)=O)CC3=O)cc1CC.O.[HH].[HH]. The Morgan fingerprint density at radius 3 is 2.50 bits per heavy atom. The highest BCUT2D eigenvalue weighted by Gasteiger charge is 2.35. The molecule has 1 aliphatic carbocycles. The summed E-state index contributed by atoms with van der Waals surface area (Å²) < 4.78 is 5.74. The van der Waals surface area contributed by atoms with Crippen LogP contribution in [0, 0.1) is 17.8 Å². The number of aliphatic hydroxyl groups excluding tert-OH is 2. The lowest BCUT2D eigenvalue weighted by Crippen LogP contribution is -2.33. The highest BCUT2D eigenvalue weighted by atomic mass is 16.5. The van der Waals surface area contributed by atoms with Crippen molar-refractivity contribution in [3.8, 4) is 22.6 Å². The number of ether oxygens (including phenoxy) is 1. The lowest BCUT2D eigenvalue weighted by atomic mass is 9.72. The number of hydrogen-bond donors (Lipinski definition) is 4.